The van der Waals surface area contributed by atoms with Gasteiger partial charge in [0.25, 0.3) is 0 Å². The lowest BCUT2D eigenvalue weighted by atomic mass is 10.0. The monoisotopic (exact) mass is 703 g/mol. The molecule has 0 bridgehead atoms. The Labute approximate surface area is 310 Å². The lowest BCUT2D eigenvalue weighted by molar-refractivity contribution is -0.161. The molecule has 0 saturated carbocycles. The van der Waals surface area contributed by atoms with Crippen LogP contribution < -0.4 is 0 Å². The summed E-state index contributed by atoms with van der Waals surface area (Å²) in [7, 11) is 0. The van der Waals surface area contributed by atoms with E-state index in [0.29, 0.717) is 12.8 Å². The van der Waals surface area contributed by atoms with Crippen LogP contribution in [0.15, 0.2) is 36.5 Å². The molecule has 0 aliphatic heterocycles. The van der Waals surface area contributed by atoms with E-state index in [0.717, 1.165) is 51.4 Å². The highest BCUT2D eigenvalue weighted by atomic mass is 16.6. The Morgan fingerprint density at radius 1 is 0.460 bits per heavy atom. The number of unbranched alkanes of at least 4 members (excludes halogenated alkanes) is 25. The van der Waals surface area contributed by atoms with E-state index in [-0.39, 0.29) is 25.2 Å². The molecule has 0 rings (SSSR count). The average Bonchev–Trinajstić information content (AvgIpc) is 3.12. The lowest BCUT2D eigenvalue weighted by Crippen LogP contribution is -2.28. The SMILES string of the molecule is CCCCCC=CCC=CCCCCCCCC(=O)OC[C@H](CO)OC(=O)CCCCCCCCCCCCCC=CCCCCCCCC. The van der Waals surface area contributed by atoms with Gasteiger partial charge in [0.1, 0.15) is 6.61 Å². The minimum Gasteiger partial charge on any atom is -0.462 e. The first-order valence-electron chi connectivity index (χ1n) is 21.5. The van der Waals surface area contributed by atoms with E-state index in [1.54, 1.807) is 0 Å². The summed E-state index contributed by atoms with van der Waals surface area (Å²) in [6.07, 6.45) is 50.7. The Morgan fingerprint density at radius 3 is 1.24 bits per heavy atom. The van der Waals surface area contributed by atoms with Gasteiger partial charge in [-0.3, -0.25) is 9.59 Å². The van der Waals surface area contributed by atoms with Crippen molar-refractivity contribution in [3.8, 4) is 0 Å². The predicted octanol–water partition coefficient (Wildman–Crippen LogP) is 13.6. The van der Waals surface area contributed by atoms with Crippen molar-refractivity contribution in [1.82, 2.24) is 0 Å². The van der Waals surface area contributed by atoms with Crippen molar-refractivity contribution in [2.75, 3.05) is 13.2 Å². The summed E-state index contributed by atoms with van der Waals surface area (Å²) in [4.78, 5) is 24.3. The summed E-state index contributed by atoms with van der Waals surface area (Å²) >= 11 is 0. The van der Waals surface area contributed by atoms with E-state index in [2.05, 4.69) is 50.3 Å². The topological polar surface area (TPSA) is 72.8 Å². The maximum Gasteiger partial charge on any atom is 0.306 e. The number of esters is 2. The van der Waals surface area contributed by atoms with Gasteiger partial charge in [0.15, 0.2) is 6.10 Å². The van der Waals surface area contributed by atoms with Crippen LogP contribution in [0.1, 0.15) is 219 Å². The molecule has 0 unspecified atom stereocenters. The molecule has 1 N–H and O–H groups in total. The number of allylic oxidation sites excluding steroid dienone is 6. The van der Waals surface area contributed by atoms with Gasteiger partial charge in [0.05, 0.1) is 6.61 Å². The molecule has 0 saturated heterocycles. The number of carbonyl (C=O) groups is 2. The van der Waals surface area contributed by atoms with Crippen molar-refractivity contribution in [2.45, 2.75) is 225 Å². The smallest absolute Gasteiger partial charge is 0.306 e. The molecule has 0 amide bonds. The average molecular weight is 703 g/mol. The fraction of sp³-hybridized carbons (Fsp3) is 0.822. The zero-order valence-corrected chi connectivity index (χ0v) is 33.2. The zero-order chi connectivity index (χ0) is 36.4. The molecule has 0 aromatic rings. The van der Waals surface area contributed by atoms with Crippen LogP contribution in [0.25, 0.3) is 0 Å². The van der Waals surface area contributed by atoms with Crippen molar-refractivity contribution >= 4 is 11.9 Å². The fourth-order valence-electron chi connectivity index (χ4n) is 6.11. The standard InChI is InChI=1S/C45H82O5/c1-3-5-7-9-11-13-15-17-19-20-21-22-23-24-26-28-30-32-34-36-38-40-45(48)50-43(41-46)42-49-44(47)39-37-35-33-31-29-27-25-18-16-14-12-10-8-6-4-2/h12,14,17-19,25,43,46H,3-11,13,15-16,20-24,26-42H2,1-2H3/t43-/m0/s1. The van der Waals surface area contributed by atoms with E-state index in [9.17, 15) is 14.7 Å². The molecule has 0 spiro atoms. The molecule has 0 fully saturated rings. The van der Waals surface area contributed by atoms with Crippen molar-refractivity contribution in [3.63, 3.8) is 0 Å². The Kier molecular flexibility index (Phi) is 40.0. The maximum absolute atomic E-state index is 12.2. The van der Waals surface area contributed by atoms with Crippen molar-refractivity contribution < 1.29 is 24.2 Å². The number of aliphatic hydroxyl groups is 1. The highest BCUT2D eigenvalue weighted by molar-refractivity contribution is 5.70. The van der Waals surface area contributed by atoms with Crippen molar-refractivity contribution in [3.05, 3.63) is 36.5 Å². The van der Waals surface area contributed by atoms with Gasteiger partial charge in [-0.2, -0.15) is 0 Å². The van der Waals surface area contributed by atoms with Crippen molar-refractivity contribution in [1.29, 1.82) is 0 Å². The molecule has 0 heterocycles. The summed E-state index contributed by atoms with van der Waals surface area (Å²) in [5.41, 5.74) is 0. The summed E-state index contributed by atoms with van der Waals surface area (Å²) in [6.45, 7) is 4.11. The Morgan fingerprint density at radius 2 is 0.800 bits per heavy atom. The number of aliphatic hydroxyl groups excluding tert-OH is 1. The second-order valence-electron chi connectivity index (χ2n) is 14.4. The van der Waals surface area contributed by atoms with Crippen LogP contribution in [0, 0.1) is 0 Å². The molecule has 50 heavy (non-hydrogen) atoms. The van der Waals surface area contributed by atoms with Crippen LogP contribution in [0.3, 0.4) is 0 Å². The molecule has 0 radical (unpaired) electrons. The minimum atomic E-state index is -0.776. The quantitative estimate of drug-likeness (QED) is 0.0392. The largest absolute Gasteiger partial charge is 0.462 e. The number of carbonyl (C=O) groups excluding carboxylic acids is 2. The first-order chi connectivity index (χ1) is 24.6. The minimum absolute atomic E-state index is 0.0717. The molecular weight excluding hydrogens is 620 g/mol. The van der Waals surface area contributed by atoms with Crippen LogP contribution in [-0.4, -0.2) is 36.4 Å². The van der Waals surface area contributed by atoms with Crippen molar-refractivity contribution in [2.24, 2.45) is 0 Å². The van der Waals surface area contributed by atoms with Gasteiger partial charge < -0.3 is 14.6 Å². The first kappa shape index (κ1) is 48.1. The Balaban J connectivity index is 3.53. The van der Waals surface area contributed by atoms with E-state index in [4.69, 9.17) is 9.47 Å². The van der Waals surface area contributed by atoms with E-state index >= 15 is 0 Å². The summed E-state index contributed by atoms with van der Waals surface area (Å²) < 4.78 is 10.6. The summed E-state index contributed by atoms with van der Waals surface area (Å²) in [6, 6.07) is 0. The van der Waals surface area contributed by atoms with Crippen LogP contribution in [0.2, 0.25) is 0 Å². The van der Waals surface area contributed by atoms with Gasteiger partial charge in [-0.15, -0.1) is 0 Å². The highest BCUT2D eigenvalue weighted by Crippen LogP contribution is 2.14. The third-order valence-corrected chi connectivity index (χ3v) is 9.41. The zero-order valence-electron chi connectivity index (χ0n) is 33.2. The predicted molar refractivity (Wildman–Crippen MR) is 214 cm³/mol. The molecule has 5 heteroatoms. The van der Waals surface area contributed by atoms with Gasteiger partial charge >= 0.3 is 11.9 Å². The molecule has 0 aliphatic carbocycles. The first-order valence-corrected chi connectivity index (χ1v) is 21.5. The van der Waals surface area contributed by atoms with Gasteiger partial charge in [-0.1, -0.05) is 172 Å². The van der Waals surface area contributed by atoms with E-state index < -0.39 is 6.10 Å². The van der Waals surface area contributed by atoms with Gasteiger partial charge in [-0.25, -0.2) is 0 Å². The van der Waals surface area contributed by atoms with Crippen LogP contribution in [0.5, 0.6) is 0 Å². The molecule has 0 aromatic heterocycles. The van der Waals surface area contributed by atoms with Gasteiger partial charge in [0.2, 0.25) is 0 Å². The second-order valence-corrected chi connectivity index (χ2v) is 14.4. The van der Waals surface area contributed by atoms with Crippen LogP contribution in [0.4, 0.5) is 0 Å². The molecule has 1 atom stereocenters. The number of hydrogen-bond acceptors (Lipinski definition) is 5. The summed E-state index contributed by atoms with van der Waals surface area (Å²) in [5.74, 6) is -0.603. The molecule has 0 aromatic carbocycles. The third-order valence-electron chi connectivity index (χ3n) is 9.41. The molecule has 292 valence electrons. The normalized spacial score (nSPS) is 12.5. The lowest BCUT2D eigenvalue weighted by Gasteiger charge is -2.15. The van der Waals surface area contributed by atoms with E-state index in [1.807, 2.05) is 0 Å². The highest BCUT2D eigenvalue weighted by Gasteiger charge is 2.16. The number of rotatable bonds is 39. The third kappa shape index (κ3) is 38.9. The second kappa shape index (κ2) is 41.5. The number of ether oxygens (including phenoxy) is 2. The fourth-order valence-corrected chi connectivity index (χ4v) is 6.11. The maximum atomic E-state index is 12.2. The Bertz CT molecular complexity index is 801. The van der Waals surface area contributed by atoms with Crippen LogP contribution >= 0.6 is 0 Å². The molecule has 5 nitrogen and oxygen atoms in total. The van der Waals surface area contributed by atoms with Gasteiger partial charge in [-0.05, 0) is 70.6 Å². The summed E-state index contributed by atoms with van der Waals surface area (Å²) in [5, 5.41) is 9.57. The van der Waals surface area contributed by atoms with E-state index in [1.165, 1.54) is 141 Å². The van der Waals surface area contributed by atoms with Crippen LogP contribution in [-0.2, 0) is 19.1 Å². The molecular formula is C45H82O5. The Hall–Kier alpha value is -1.88. The molecule has 0 aliphatic rings. The van der Waals surface area contributed by atoms with Gasteiger partial charge in [0, 0.05) is 12.8 Å². The number of hydrogen-bond donors (Lipinski definition) is 1.